The number of benzene rings is 1. The van der Waals surface area contributed by atoms with Crippen molar-refractivity contribution in [1.82, 2.24) is 41.4 Å². The molecule has 1 fully saturated rings. The summed E-state index contributed by atoms with van der Waals surface area (Å²) in [6.45, 7) is 0.768. The predicted molar refractivity (Wildman–Crippen MR) is 94.1 cm³/mol. The van der Waals surface area contributed by atoms with Crippen molar-refractivity contribution in [3.8, 4) is 11.6 Å². The Morgan fingerprint density at radius 1 is 1.26 bits per heavy atom. The van der Waals surface area contributed by atoms with Crippen molar-refractivity contribution in [1.29, 1.82) is 0 Å². The molecule has 27 heavy (non-hydrogen) atoms. The Labute approximate surface area is 154 Å². The molecule has 3 aromatic rings. The highest BCUT2D eigenvalue weighted by molar-refractivity contribution is 5.79. The minimum absolute atomic E-state index is 0.123. The maximum Gasteiger partial charge on any atom is 0.228 e. The van der Waals surface area contributed by atoms with E-state index in [4.69, 9.17) is 4.74 Å². The zero-order valence-electron chi connectivity index (χ0n) is 14.3. The topological polar surface area (TPSA) is 119 Å². The van der Waals surface area contributed by atoms with Crippen LogP contribution in [0.15, 0.2) is 55.0 Å². The third-order valence-corrected chi connectivity index (χ3v) is 4.20. The van der Waals surface area contributed by atoms with Crippen LogP contribution >= 0.6 is 0 Å². The van der Waals surface area contributed by atoms with Crippen LogP contribution in [0.4, 0.5) is 0 Å². The number of amides is 1. The third kappa shape index (κ3) is 3.91. The van der Waals surface area contributed by atoms with E-state index in [1.54, 1.807) is 6.20 Å². The van der Waals surface area contributed by atoms with E-state index < -0.39 is 0 Å². The maximum atomic E-state index is 12.7. The molecule has 0 saturated carbocycles. The number of ether oxygens (including phenoxy) is 1. The number of pyridine rings is 1. The summed E-state index contributed by atoms with van der Waals surface area (Å²) in [5, 5.41) is 14.0. The van der Waals surface area contributed by atoms with Crippen molar-refractivity contribution in [2.45, 2.75) is 12.7 Å². The average Bonchev–Trinajstić information content (AvgIpc) is 3.39. The molecule has 2 unspecified atom stereocenters. The summed E-state index contributed by atoms with van der Waals surface area (Å²) in [7, 11) is 0. The van der Waals surface area contributed by atoms with Crippen molar-refractivity contribution < 1.29 is 9.53 Å². The number of nitrogens with zero attached hydrogens (tertiary/aromatic N) is 5. The number of aromatic nitrogens is 5. The van der Waals surface area contributed by atoms with Gasteiger partial charge in [-0.05, 0) is 28.6 Å². The molecule has 0 spiro atoms. The second-order valence-corrected chi connectivity index (χ2v) is 5.97. The molecule has 10 heteroatoms. The first-order valence-corrected chi connectivity index (χ1v) is 8.46. The Morgan fingerprint density at radius 2 is 2.15 bits per heavy atom. The molecule has 1 amide bonds. The first-order valence-electron chi connectivity index (χ1n) is 8.46. The Morgan fingerprint density at radius 3 is 2.96 bits per heavy atom. The van der Waals surface area contributed by atoms with Gasteiger partial charge in [0.15, 0.2) is 0 Å². The number of tetrazole rings is 1. The van der Waals surface area contributed by atoms with Crippen LogP contribution < -0.4 is 20.9 Å². The lowest BCUT2D eigenvalue weighted by atomic mass is 10.1. The number of para-hydroxylation sites is 1. The summed E-state index contributed by atoms with van der Waals surface area (Å²) in [6.07, 6.45) is 2.77. The van der Waals surface area contributed by atoms with Crippen LogP contribution in [0, 0.1) is 5.92 Å². The molecule has 0 radical (unpaired) electrons. The average molecular weight is 366 g/mol. The largest absolute Gasteiger partial charge is 0.439 e. The van der Waals surface area contributed by atoms with Crippen molar-refractivity contribution in [3.63, 3.8) is 0 Å². The molecule has 1 aliphatic rings. The van der Waals surface area contributed by atoms with Crippen LogP contribution in [0.2, 0.25) is 0 Å². The van der Waals surface area contributed by atoms with E-state index in [1.807, 2.05) is 42.5 Å². The molecule has 3 heterocycles. The fourth-order valence-electron chi connectivity index (χ4n) is 2.83. The molecule has 4 rings (SSSR count). The highest BCUT2D eigenvalue weighted by Gasteiger charge is 2.34. The van der Waals surface area contributed by atoms with Crippen molar-refractivity contribution >= 4 is 5.91 Å². The van der Waals surface area contributed by atoms with Gasteiger partial charge in [-0.1, -0.05) is 24.3 Å². The molecule has 10 nitrogen and oxygen atoms in total. The van der Waals surface area contributed by atoms with Gasteiger partial charge >= 0.3 is 0 Å². The van der Waals surface area contributed by atoms with E-state index in [0.29, 0.717) is 24.7 Å². The fourth-order valence-corrected chi connectivity index (χ4v) is 2.83. The lowest BCUT2D eigenvalue weighted by molar-refractivity contribution is -0.125. The van der Waals surface area contributed by atoms with E-state index in [0.717, 1.165) is 5.56 Å². The standard InChI is InChI=1S/C17H18N8O2/c26-16(14-10-20-22-15(14)25-11-21-23-24-25)19-9-12-5-4-8-18-17(12)27-13-6-2-1-3-7-13/h1-8,11,14-15,20,22H,9-10H2,(H,19,26). The molecule has 1 aromatic carbocycles. The lowest BCUT2D eigenvalue weighted by Crippen LogP contribution is -2.37. The van der Waals surface area contributed by atoms with E-state index in [9.17, 15) is 4.79 Å². The van der Waals surface area contributed by atoms with E-state index in [1.165, 1.54) is 11.0 Å². The second-order valence-electron chi connectivity index (χ2n) is 5.97. The number of nitrogens with one attached hydrogen (secondary N) is 3. The van der Waals surface area contributed by atoms with Gasteiger partial charge in [-0.2, -0.15) is 0 Å². The highest BCUT2D eigenvalue weighted by atomic mass is 16.5. The summed E-state index contributed by atoms with van der Waals surface area (Å²) >= 11 is 0. The number of hydrazine groups is 1. The first-order chi connectivity index (χ1) is 13.3. The van der Waals surface area contributed by atoms with Crippen molar-refractivity contribution in [2.75, 3.05) is 6.54 Å². The van der Waals surface area contributed by atoms with Crippen LogP contribution in [0.5, 0.6) is 11.6 Å². The van der Waals surface area contributed by atoms with Gasteiger partial charge in [-0.15, -0.1) is 5.10 Å². The zero-order chi connectivity index (χ0) is 18.5. The number of carbonyl (C=O) groups excluding carboxylic acids is 1. The number of rotatable bonds is 6. The number of carbonyl (C=O) groups is 1. The Kier molecular flexibility index (Phi) is 4.99. The van der Waals surface area contributed by atoms with Crippen LogP contribution in [0.3, 0.4) is 0 Å². The van der Waals surface area contributed by atoms with E-state index in [2.05, 4.69) is 36.7 Å². The fraction of sp³-hybridized carbons (Fsp3) is 0.235. The zero-order valence-corrected chi connectivity index (χ0v) is 14.3. The molecule has 1 aliphatic heterocycles. The number of hydrogen-bond donors (Lipinski definition) is 3. The van der Waals surface area contributed by atoms with Crippen LogP contribution in [0.25, 0.3) is 0 Å². The monoisotopic (exact) mass is 366 g/mol. The molecule has 0 bridgehead atoms. The molecule has 2 atom stereocenters. The summed E-state index contributed by atoms with van der Waals surface area (Å²) in [5.74, 6) is 0.668. The van der Waals surface area contributed by atoms with Gasteiger partial charge in [0.2, 0.25) is 11.8 Å². The molecule has 1 saturated heterocycles. The normalized spacial score (nSPS) is 19.0. The molecule has 138 valence electrons. The molecule has 3 N–H and O–H groups in total. The Hall–Kier alpha value is -3.37. The van der Waals surface area contributed by atoms with Crippen LogP contribution in [0.1, 0.15) is 11.7 Å². The smallest absolute Gasteiger partial charge is 0.228 e. The van der Waals surface area contributed by atoms with Gasteiger partial charge in [0.25, 0.3) is 0 Å². The predicted octanol–water partition coefficient (Wildman–Crippen LogP) is 0.399. The van der Waals surface area contributed by atoms with Crippen molar-refractivity contribution in [3.05, 3.63) is 60.6 Å². The summed E-state index contributed by atoms with van der Waals surface area (Å²) < 4.78 is 7.34. The molecule has 2 aromatic heterocycles. The Bertz CT molecular complexity index is 887. The number of hydrogen-bond acceptors (Lipinski definition) is 8. The maximum absolute atomic E-state index is 12.7. The van der Waals surface area contributed by atoms with Gasteiger partial charge in [-0.3, -0.25) is 10.2 Å². The first kappa shape index (κ1) is 17.1. The molecule has 0 aliphatic carbocycles. The van der Waals surface area contributed by atoms with Gasteiger partial charge in [0.1, 0.15) is 18.2 Å². The van der Waals surface area contributed by atoms with Gasteiger partial charge in [-0.25, -0.2) is 15.1 Å². The lowest BCUT2D eigenvalue weighted by Gasteiger charge is -2.17. The Balaban J connectivity index is 1.42. The van der Waals surface area contributed by atoms with Gasteiger partial charge < -0.3 is 10.1 Å². The molecular formula is C17H18N8O2. The van der Waals surface area contributed by atoms with E-state index in [-0.39, 0.29) is 18.0 Å². The minimum atomic E-state index is -0.358. The second kappa shape index (κ2) is 7.89. The molecular weight excluding hydrogens is 348 g/mol. The minimum Gasteiger partial charge on any atom is -0.439 e. The van der Waals surface area contributed by atoms with Gasteiger partial charge in [0.05, 0.1) is 5.92 Å². The summed E-state index contributed by atoms with van der Waals surface area (Å²) in [6, 6.07) is 13.1. The SMILES string of the molecule is O=C(NCc1cccnc1Oc1ccccc1)C1CNNC1n1cnnn1. The highest BCUT2D eigenvalue weighted by Crippen LogP contribution is 2.23. The van der Waals surface area contributed by atoms with E-state index >= 15 is 0 Å². The van der Waals surface area contributed by atoms with Crippen LogP contribution in [-0.4, -0.2) is 37.6 Å². The van der Waals surface area contributed by atoms with Crippen LogP contribution in [-0.2, 0) is 11.3 Å². The third-order valence-electron chi connectivity index (χ3n) is 4.20. The van der Waals surface area contributed by atoms with Gasteiger partial charge in [0, 0.05) is 24.8 Å². The quantitative estimate of drug-likeness (QED) is 0.574. The summed E-state index contributed by atoms with van der Waals surface area (Å²) in [4.78, 5) is 16.9. The van der Waals surface area contributed by atoms with Crippen molar-refractivity contribution in [2.24, 2.45) is 5.92 Å². The summed E-state index contributed by atoms with van der Waals surface area (Å²) in [5.41, 5.74) is 6.76.